The van der Waals surface area contributed by atoms with E-state index < -0.39 is 0 Å². The predicted octanol–water partition coefficient (Wildman–Crippen LogP) is 4.15. The second-order valence-corrected chi connectivity index (χ2v) is 6.82. The molecule has 2 aromatic carbocycles. The number of benzene rings is 2. The van der Waals surface area contributed by atoms with Crippen LogP contribution in [0.25, 0.3) is 10.9 Å². The van der Waals surface area contributed by atoms with Crippen LogP contribution in [0.4, 0.5) is 0 Å². The molecule has 3 aromatic rings. The van der Waals surface area contributed by atoms with Gasteiger partial charge in [-0.2, -0.15) is 0 Å². The van der Waals surface area contributed by atoms with Gasteiger partial charge in [-0.1, -0.05) is 28.1 Å². The van der Waals surface area contributed by atoms with Crippen LogP contribution >= 0.6 is 38.5 Å². The zero-order valence-corrected chi connectivity index (χ0v) is 14.8. The minimum absolute atomic E-state index is 0.0707. The Kier molecular flexibility index (Phi) is 4.54. The minimum atomic E-state index is -0.0707. The van der Waals surface area contributed by atoms with Gasteiger partial charge in [-0.15, -0.1) is 0 Å². The van der Waals surface area contributed by atoms with E-state index in [4.69, 9.17) is 5.84 Å². The Morgan fingerprint density at radius 1 is 1.14 bits per heavy atom. The molecule has 21 heavy (non-hydrogen) atoms. The summed E-state index contributed by atoms with van der Waals surface area (Å²) in [7, 11) is 0. The normalized spacial score (nSPS) is 12.5. The van der Waals surface area contributed by atoms with Gasteiger partial charge in [0, 0.05) is 19.6 Å². The van der Waals surface area contributed by atoms with Crippen molar-refractivity contribution in [3.05, 3.63) is 73.9 Å². The van der Waals surface area contributed by atoms with Crippen LogP contribution in [0.15, 0.2) is 59.2 Å². The van der Waals surface area contributed by atoms with Crippen molar-refractivity contribution in [1.82, 2.24) is 10.4 Å². The maximum Gasteiger partial charge on any atom is 0.0721 e. The summed E-state index contributed by atoms with van der Waals surface area (Å²) in [6.45, 7) is 0. The lowest BCUT2D eigenvalue weighted by atomic mass is 9.98. The van der Waals surface area contributed by atoms with E-state index in [0.717, 1.165) is 26.5 Å². The molecular formula is C16H13BrIN3. The van der Waals surface area contributed by atoms with Gasteiger partial charge in [0.1, 0.15) is 0 Å². The predicted molar refractivity (Wildman–Crippen MR) is 97.8 cm³/mol. The number of hydrogen-bond donors (Lipinski definition) is 2. The molecular weight excluding hydrogens is 441 g/mol. The van der Waals surface area contributed by atoms with Crippen LogP contribution in [-0.2, 0) is 0 Å². The number of fused-ring (bicyclic) bond motifs is 1. The first-order valence-electron chi connectivity index (χ1n) is 6.45. The van der Waals surface area contributed by atoms with Gasteiger partial charge in [0.25, 0.3) is 0 Å². The average molecular weight is 454 g/mol. The van der Waals surface area contributed by atoms with Crippen molar-refractivity contribution in [2.75, 3.05) is 0 Å². The third-order valence-electron chi connectivity index (χ3n) is 3.40. The van der Waals surface area contributed by atoms with E-state index in [0.29, 0.717) is 0 Å². The highest BCUT2D eigenvalue weighted by molar-refractivity contribution is 14.1. The SMILES string of the molecule is NNC(c1ccc2ncccc2c1)c1cc(I)ccc1Br. The zero-order chi connectivity index (χ0) is 14.8. The summed E-state index contributed by atoms with van der Waals surface area (Å²) in [4.78, 5) is 4.35. The molecule has 1 atom stereocenters. The summed E-state index contributed by atoms with van der Waals surface area (Å²) in [5.41, 5.74) is 6.13. The van der Waals surface area contributed by atoms with E-state index in [2.05, 4.69) is 79.3 Å². The van der Waals surface area contributed by atoms with Gasteiger partial charge in [-0.25, -0.2) is 5.43 Å². The molecule has 0 aliphatic carbocycles. The van der Waals surface area contributed by atoms with Crippen LogP contribution in [-0.4, -0.2) is 4.98 Å². The lowest BCUT2D eigenvalue weighted by molar-refractivity contribution is 0.635. The van der Waals surface area contributed by atoms with E-state index in [9.17, 15) is 0 Å². The molecule has 3 nitrogen and oxygen atoms in total. The number of pyridine rings is 1. The van der Waals surface area contributed by atoms with Crippen molar-refractivity contribution >= 4 is 49.4 Å². The zero-order valence-electron chi connectivity index (χ0n) is 11.1. The monoisotopic (exact) mass is 453 g/mol. The van der Waals surface area contributed by atoms with Gasteiger partial charge in [0.15, 0.2) is 0 Å². The van der Waals surface area contributed by atoms with E-state index in [-0.39, 0.29) is 6.04 Å². The van der Waals surface area contributed by atoms with Crippen molar-refractivity contribution < 1.29 is 0 Å². The van der Waals surface area contributed by atoms with Crippen molar-refractivity contribution in [3.63, 3.8) is 0 Å². The maximum absolute atomic E-state index is 5.81. The standard InChI is InChI=1S/C16H13BrIN3/c17-14-5-4-12(18)9-13(14)16(21-19)11-3-6-15-10(8-11)2-1-7-20-15/h1-9,16,21H,19H2. The fourth-order valence-corrected chi connectivity index (χ4v) is 3.37. The van der Waals surface area contributed by atoms with Crippen molar-refractivity contribution in [3.8, 4) is 0 Å². The Balaban J connectivity index is 2.11. The van der Waals surface area contributed by atoms with E-state index in [1.165, 1.54) is 3.57 Å². The lowest BCUT2D eigenvalue weighted by Gasteiger charge is -2.19. The largest absolute Gasteiger partial charge is 0.271 e. The smallest absolute Gasteiger partial charge is 0.0721 e. The Morgan fingerprint density at radius 3 is 2.81 bits per heavy atom. The van der Waals surface area contributed by atoms with Crippen LogP contribution < -0.4 is 11.3 Å². The Labute approximate surface area is 145 Å². The van der Waals surface area contributed by atoms with Crippen molar-refractivity contribution in [1.29, 1.82) is 0 Å². The molecule has 1 aromatic heterocycles. The first-order valence-corrected chi connectivity index (χ1v) is 8.32. The first-order chi connectivity index (χ1) is 10.2. The van der Waals surface area contributed by atoms with Crippen LogP contribution in [0, 0.1) is 3.57 Å². The number of nitrogens with zero attached hydrogens (tertiary/aromatic N) is 1. The molecule has 0 fully saturated rings. The molecule has 106 valence electrons. The molecule has 3 rings (SSSR count). The summed E-state index contributed by atoms with van der Waals surface area (Å²) in [6.07, 6.45) is 1.80. The highest BCUT2D eigenvalue weighted by Gasteiger charge is 2.16. The van der Waals surface area contributed by atoms with Crippen LogP contribution in [0.3, 0.4) is 0 Å². The molecule has 0 aliphatic rings. The fraction of sp³-hybridized carbons (Fsp3) is 0.0625. The number of nitrogens with one attached hydrogen (secondary N) is 1. The third-order valence-corrected chi connectivity index (χ3v) is 4.79. The number of aromatic nitrogens is 1. The van der Waals surface area contributed by atoms with Gasteiger partial charge in [0.2, 0.25) is 0 Å². The van der Waals surface area contributed by atoms with Gasteiger partial charge in [0.05, 0.1) is 11.6 Å². The molecule has 0 spiro atoms. The average Bonchev–Trinajstić information content (AvgIpc) is 2.51. The molecule has 0 amide bonds. The van der Waals surface area contributed by atoms with Crippen molar-refractivity contribution in [2.24, 2.45) is 5.84 Å². The highest BCUT2D eigenvalue weighted by atomic mass is 127. The number of halogens is 2. The topological polar surface area (TPSA) is 50.9 Å². The summed E-state index contributed by atoms with van der Waals surface area (Å²) in [6, 6.07) is 16.4. The first kappa shape index (κ1) is 14.9. The number of hydrogen-bond acceptors (Lipinski definition) is 3. The summed E-state index contributed by atoms with van der Waals surface area (Å²) >= 11 is 5.91. The quantitative estimate of drug-likeness (QED) is 0.355. The molecule has 0 saturated carbocycles. The summed E-state index contributed by atoms with van der Waals surface area (Å²) in [5, 5.41) is 1.11. The number of nitrogens with two attached hydrogens (primary N) is 1. The van der Waals surface area contributed by atoms with E-state index in [1.54, 1.807) is 6.20 Å². The van der Waals surface area contributed by atoms with Gasteiger partial charge in [-0.3, -0.25) is 10.8 Å². The second kappa shape index (κ2) is 6.39. The van der Waals surface area contributed by atoms with E-state index in [1.807, 2.05) is 18.2 Å². The third kappa shape index (κ3) is 3.11. The number of rotatable bonds is 3. The lowest BCUT2D eigenvalue weighted by Crippen LogP contribution is -2.29. The second-order valence-electron chi connectivity index (χ2n) is 4.72. The molecule has 3 N–H and O–H groups in total. The van der Waals surface area contributed by atoms with E-state index >= 15 is 0 Å². The molecule has 0 radical (unpaired) electrons. The summed E-state index contributed by atoms with van der Waals surface area (Å²) in [5.74, 6) is 5.81. The van der Waals surface area contributed by atoms with Gasteiger partial charge in [-0.05, 0) is 70.1 Å². The Morgan fingerprint density at radius 2 is 2.00 bits per heavy atom. The molecule has 0 bridgehead atoms. The minimum Gasteiger partial charge on any atom is -0.271 e. The Hall–Kier alpha value is -1.02. The van der Waals surface area contributed by atoms with Gasteiger partial charge >= 0.3 is 0 Å². The Bertz CT molecular complexity index is 791. The molecule has 1 unspecified atom stereocenters. The maximum atomic E-state index is 5.81. The molecule has 0 aliphatic heterocycles. The van der Waals surface area contributed by atoms with Crippen molar-refractivity contribution in [2.45, 2.75) is 6.04 Å². The molecule has 1 heterocycles. The van der Waals surface area contributed by atoms with Crippen LogP contribution in [0.5, 0.6) is 0 Å². The van der Waals surface area contributed by atoms with Crippen LogP contribution in [0.1, 0.15) is 17.2 Å². The number of hydrazine groups is 1. The van der Waals surface area contributed by atoms with Gasteiger partial charge < -0.3 is 0 Å². The molecule has 0 saturated heterocycles. The van der Waals surface area contributed by atoms with Crippen LogP contribution in [0.2, 0.25) is 0 Å². The molecule has 5 heteroatoms. The fourth-order valence-electron chi connectivity index (χ4n) is 2.38. The highest BCUT2D eigenvalue weighted by Crippen LogP contribution is 2.30. The summed E-state index contributed by atoms with van der Waals surface area (Å²) < 4.78 is 2.21.